The summed E-state index contributed by atoms with van der Waals surface area (Å²) in [4.78, 5) is 2.70. The number of hydrogen-bond donors (Lipinski definition) is 1. The van der Waals surface area contributed by atoms with Crippen molar-refractivity contribution in [1.29, 1.82) is 0 Å². The Bertz CT molecular complexity index is 462. The second kappa shape index (κ2) is 3.49. The van der Waals surface area contributed by atoms with E-state index in [-0.39, 0.29) is 0 Å². The summed E-state index contributed by atoms with van der Waals surface area (Å²) >= 11 is 0. The average molecular weight is 228 g/mol. The second-order valence-corrected chi connectivity index (χ2v) is 6.00. The molecular formula is C15H20N2. The van der Waals surface area contributed by atoms with Gasteiger partial charge in [0.05, 0.1) is 0 Å². The molecule has 0 saturated heterocycles. The van der Waals surface area contributed by atoms with Crippen LogP contribution in [0.15, 0.2) is 12.1 Å². The van der Waals surface area contributed by atoms with Crippen molar-refractivity contribution in [2.45, 2.75) is 50.6 Å². The minimum absolute atomic E-state index is 0.795. The summed E-state index contributed by atoms with van der Waals surface area (Å²) in [5.41, 5.74) is 11.8. The molecule has 90 valence electrons. The van der Waals surface area contributed by atoms with Crippen LogP contribution >= 0.6 is 0 Å². The van der Waals surface area contributed by atoms with Gasteiger partial charge in [-0.25, -0.2) is 0 Å². The van der Waals surface area contributed by atoms with Crippen molar-refractivity contribution in [2.75, 3.05) is 12.3 Å². The highest BCUT2D eigenvalue weighted by molar-refractivity contribution is 5.52. The lowest BCUT2D eigenvalue weighted by Gasteiger charge is -2.38. The number of aryl methyl sites for hydroxylation is 1. The van der Waals surface area contributed by atoms with Gasteiger partial charge in [-0.3, -0.25) is 4.90 Å². The van der Waals surface area contributed by atoms with E-state index in [1.807, 2.05) is 0 Å². The summed E-state index contributed by atoms with van der Waals surface area (Å²) in [6, 6.07) is 5.33. The van der Waals surface area contributed by atoms with Crippen molar-refractivity contribution < 1.29 is 0 Å². The van der Waals surface area contributed by atoms with Crippen LogP contribution in [0.2, 0.25) is 0 Å². The van der Waals surface area contributed by atoms with Crippen LogP contribution in [0, 0.1) is 0 Å². The van der Waals surface area contributed by atoms with E-state index in [9.17, 15) is 0 Å². The number of nitrogen functional groups attached to an aromatic ring is 1. The Morgan fingerprint density at radius 1 is 1.12 bits per heavy atom. The van der Waals surface area contributed by atoms with Gasteiger partial charge in [-0.2, -0.15) is 0 Å². The lowest BCUT2D eigenvalue weighted by molar-refractivity contribution is 0.210. The van der Waals surface area contributed by atoms with Gasteiger partial charge in [-0.15, -0.1) is 0 Å². The molecule has 2 nitrogen and oxygen atoms in total. The van der Waals surface area contributed by atoms with Gasteiger partial charge in [-0.1, -0.05) is 0 Å². The molecule has 17 heavy (non-hydrogen) atoms. The van der Waals surface area contributed by atoms with E-state index in [1.165, 1.54) is 44.2 Å². The Labute approximate surface area is 103 Å². The first-order chi connectivity index (χ1) is 8.31. The van der Waals surface area contributed by atoms with Crippen molar-refractivity contribution in [3.05, 3.63) is 28.8 Å². The zero-order chi connectivity index (χ0) is 11.4. The smallest absolute Gasteiger partial charge is 0.0320 e. The quantitative estimate of drug-likeness (QED) is 0.749. The topological polar surface area (TPSA) is 29.3 Å². The largest absolute Gasteiger partial charge is 0.399 e. The highest BCUT2D eigenvalue weighted by Gasteiger charge is 2.36. The van der Waals surface area contributed by atoms with Gasteiger partial charge in [0.15, 0.2) is 0 Å². The van der Waals surface area contributed by atoms with Crippen molar-refractivity contribution in [2.24, 2.45) is 0 Å². The van der Waals surface area contributed by atoms with Crippen molar-refractivity contribution in [3.63, 3.8) is 0 Å². The molecular weight excluding hydrogens is 208 g/mol. The van der Waals surface area contributed by atoms with E-state index >= 15 is 0 Å². The highest BCUT2D eigenvalue weighted by Crippen LogP contribution is 2.42. The molecule has 1 aromatic carbocycles. The molecule has 0 radical (unpaired) electrons. The number of rotatable bonds is 1. The monoisotopic (exact) mass is 228 g/mol. The molecule has 0 unspecified atom stereocenters. The molecule has 1 aliphatic heterocycles. The first-order valence-electron chi connectivity index (χ1n) is 6.96. The Kier molecular flexibility index (Phi) is 2.04. The van der Waals surface area contributed by atoms with Gasteiger partial charge in [0, 0.05) is 24.8 Å². The molecule has 4 rings (SSSR count). The third-order valence-corrected chi connectivity index (χ3v) is 4.67. The van der Waals surface area contributed by atoms with Crippen molar-refractivity contribution in [3.8, 4) is 0 Å². The first-order valence-corrected chi connectivity index (χ1v) is 6.96. The van der Waals surface area contributed by atoms with E-state index in [0.717, 1.165) is 24.2 Å². The van der Waals surface area contributed by atoms with Crippen LogP contribution in [-0.4, -0.2) is 17.5 Å². The summed E-state index contributed by atoms with van der Waals surface area (Å²) in [6.45, 7) is 2.45. The molecule has 2 N–H and O–H groups in total. The van der Waals surface area contributed by atoms with Crippen LogP contribution in [0.4, 0.5) is 5.69 Å². The molecule has 2 aliphatic carbocycles. The van der Waals surface area contributed by atoms with Gasteiger partial charge in [0.25, 0.3) is 0 Å². The summed E-state index contributed by atoms with van der Waals surface area (Å²) in [6.07, 6.45) is 6.80. The summed E-state index contributed by atoms with van der Waals surface area (Å²) in [5.74, 6) is 0.795. The van der Waals surface area contributed by atoms with Crippen LogP contribution < -0.4 is 5.73 Å². The fraction of sp³-hybridized carbons (Fsp3) is 0.600. The Hall–Kier alpha value is -1.02. The molecule has 0 aromatic heterocycles. The van der Waals surface area contributed by atoms with Gasteiger partial charge >= 0.3 is 0 Å². The molecule has 0 spiro atoms. The van der Waals surface area contributed by atoms with E-state index in [4.69, 9.17) is 5.73 Å². The van der Waals surface area contributed by atoms with Crippen molar-refractivity contribution in [1.82, 2.24) is 4.90 Å². The molecule has 1 atom stereocenters. The third-order valence-electron chi connectivity index (χ3n) is 4.67. The predicted molar refractivity (Wildman–Crippen MR) is 70.0 cm³/mol. The Morgan fingerprint density at radius 3 is 2.76 bits per heavy atom. The molecule has 3 aliphatic rings. The molecule has 0 amide bonds. The minimum atomic E-state index is 0.795. The molecule has 1 fully saturated rings. The zero-order valence-electron chi connectivity index (χ0n) is 10.3. The molecule has 1 aromatic rings. The summed E-state index contributed by atoms with van der Waals surface area (Å²) in [5, 5.41) is 0. The number of nitrogens with zero attached hydrogens (tertiary/aromatic N) is 1. The first kappa shape index (κ1) is 9.95. The van der Waals surface area contributed by atoms with Gasteiger partial charge in [0.2, 0.25) is 0 Å². The standard InChI is InChI=1S/C15H20N2/c16-13-6-10-2-1-3-11-8-17(14-4-5-14)9-12(7-13)15(10)11/h6-7,11,14H,1-5,8-9,16H2/t11-/m0/s1. The summed E-state index contributed by atoms with van der Waals surface area (Å²) in [7, 11) is 0. The normalized spacial score (nSPS) is 27.9. The second-order valence-electron chi connectivity index (χ2n) is 6.00. The van der Waals surface area contributed by atoms with E-state index < -0.39 is 0 Å². The third kappa shape index (κ3) is 1.58. The molecule has 2 heteroatoms. The number of anilines is 1. The van der Waals surface area contributed by atoms with E-state index in [2.05, 4.69) is 17.0 Å². The molecule has 0 bridgehead atoms. The fourth-order valence-electron chi connectivity index (χ4n) is 3.82. The van der Waals surface area contributed by atoms with E-state index in [1.54, 1.807) is 11.1 Å². The summed E-state index contributed by atoms with van der Waals surface area (Å²) < 4.78 is 0. The number of nitrogens with two attached hydrogens (primary N) is 1. The maximum absolute atomic E-state index is 6.05. The van der Waals surface area contributed by atoms with Crippen LogP contribution in [0.25, 0.3) is 0 Å². The molecule has 1 saturated carbocycles. The zero-order valence-corrected chi connectivity index (χ0v) is 10.3. The van der Waals surface area contributed by atoms with Crippen LogP contribution in [0.1, 0.15) is 48.3 Å². The van der Waals surface area contributed by atoms with Crippen LogP contribution in [0.5, 0.6) is 0 Å². The lowest BCUT2D eigenvalue weighted by Crippen LogP contribution is -2.37. The molecule has 1 heterocycles. The van der Waals surface area contributed by atoms with Gasteiger partial charge in [-0.05, 0) is 66.8 Å². The minimum Gasteiger partial charge on any atom is -0.399 e. The number of benzene rings is 1. The average Bonchev–Trinajstić information content (AvgIpc) is 3.12. The van der Waals surface area contributed by atoms with Crippen LogP contribution in [-0.2, 0) is 13.0 Å². The predicted octanol–water partition coefficient (Wildman–Crippen LogP) is 2.67. The van der Waals surface area contributed by atoms with E-state index in [0.29, 0.717) is 0 Å². The maximum Gasteiger partial charge on any atom is 0.0320 e. The van der Waals surface area contributed by atoms with Gasteiger partial charge < -0.3 is 5.73 Å². The Morgan fingerprint density at radius 2 is 1.94 bits per heavy atom. The number of hydrogen-bond acceptors (Lipinski definition) is 2. The van der Waals surface area contributed by atoms with Gasteiger partial charge in [0.1, 0.15) is 0 Å². The van der Waals surface area contributed by atoms with Crippen molar-refractivity contribution >= 4 is 5.69 Å². The maximum atomic E-state index is 6.05. The van der Waals surface area contributed by atoms with Crippen LogP contribution in [0.3, 0.4) is 0 Å². The highest BCUT2D eigenvalue weighted by atomic mass is 15.2. The SMILES string of the molecule is Nc1cc2c3c(c1)CN(C1CC1)C[C@@H]3CCC2. The Balaban J connectivity index is 1.79. The lowest BCUT2D eigenvalue weighted by atomic mass is 9.77. The fourth-order valence-corrected chi connectivity index (χ4v) is 3.82.